The van der Waals surface area contributed by atoms with Crippen molar-refractivity contribution < 1.29 is 0 Å². The summed E-state index contributed by atoms with van der Waals surface area (Å²) in [4.78, 5) is 13.8. The molecule has 0 aliphatic carbocycles. The molecule has 0 aromatic carbocycles. The largest absolute Gasteiger partial charge is 0.379 e. The summed E-state index contributed by atoms with van der Waals surface area (Å²) < 4.78 is 8.48. The van der Waals surface area contributed by atoms with Crippen molar-refractivity contribution in [2.45, 2.75) is 66.7 Å². The summed E-state index contributed by atoms with van der Waals surface area (Å²) in [6.07, 6.45) is 9.56. The second-order valence-electron chi connectivity index (χ2n) is 12.3. The number of thiazole rings is 1. The van der Waals surface area contributed by atoms with Gasteiger partial charge in [0, 0.05) is 74.4 Å². The summed E-state index contributed by atoms with van der Waals surface area (Å²) in [5, 5.41) is 27.7. The molecule has 0 fully saturated rings. The van der Waals surface area contributed by atoms with Crippen molar-refractivity contribution in [2.75, 3.05) is 10.6 Å². The molecule has 0 saturated heterocycles. The fourth-order valence-corrected chi connectivity index (χ4v) is 6.53. The fourth-order valence-electron chi connectivity index (χ4n) is 5.53. The number of nitrogens with one attached hydrogen (secondary N) is 2. The molecule has 0 aliphatic heterocycles. The van der Waals surface area contributed by atoms with Crippen molar-refractivity contribution in [1.82, 2.24) is 54.1 Å². The summed E-state index contributed by atoms with van der Waals surface area (Å²) in [5.74, 6) is 0. The van der Waals surface area contributed by atoms with E-state index in [-0.39, 0.29) is 12.1 Å². The van der Waals surface area contributed by atoms with E-state index in [0.717, 1.165) is 71.3 Å². The van der Waals surface area contributed by atoms with Gasteiger partial charge in [-0.3, -0.25) is 18.7 Å². The van der Waals surface area contributed by atoms with Crippen LogP contribution in [0.5, 0.6) is 0 Å². The van der Waals surface area contributed by atoms with Crippen molar-refractivity contribution in [2.24, 2.45) is 14.1 Å². The van der Waals surface area contributed by atoms with E-state index in [1.807, 2.05) is 78.2 Å². The predicted molar refractivity (Wildman–Crippen MR) is 195 cm³/mol. The Hall–Kier alpha value is -4.63. The van der Waals surface area contributed by atoms with E-state index in [1.165, 1.54) is 0 Å². The quantitative estimate of drug-likeness (QED) is 0.148. The number of aryl methyl sites for hydroxylation is 4. The maximum Gasteiger partial charge on any atom is 0.141 e. The van der Waals surface area contributed by atoms with Crippen LogP contribution in [0.25, 0.3) is 32.8 Å². The molecule has 0 unspecified atom stereocenters. The molecule has 0 atom stereocenters. The summed E-state index contributed by atoms with van der Waals surface area (Å²) in [7, 11) is 3.84. The Morgan fingerprint density at radius 1 is 0.771 bits per heavy atom. The maximum absolute atomic E-state index is 4.85. The zero-order valence-corrected chi connectivity index (χ0v) is 30.8. The first-order valence-corrected chi connectivity index (χ1v) is 17.4. The average molecular weight is 731 g/mol. The lowest BCUT2D eigenvalue weighted by atomic mass is 10.2. The molecule has 0 amide bonds. The normalized spacial score (nSPS) is 11.6. The number of aromatic nitrogens is 11. The molecule has 13 nitrogen and oxygen atoms in total. The first-order chi connectivity index (χ1) is 23.0. The molecule has 0 radical (unpaired) electrons. The third kappa shape index (κ3) is 6.97. The van der Waals surface area contributed by atoms with Gasteiger partial charge in [-0.2, -0.15) is 20.4 Å². The van der Waals surface area contributed by atoms with Crippen molar-refractivity contribution >= 4 is 60.7 Å². The number of nitrogens with zero attached hydrogens (tertiary/aromatic N) is 11. The van der Waals surface area contributed by atoms with Crippen LogP contribution in [0, 0.1) is 13.8 Å². The van der Waals surface area contributed by atoms with Gasteiger partial charge < -0.3 is 10.6 Å². The van der Waals surface area contributed by atoms with E-state index in [2.05, 4.69) is 85.6 Å². The number of hydrogen-bond acceptors (Lipinski definition) is 10. The van der Waals surface area contributed by atoms with Crippen LogP contribution in [-0.2, 0) is 27.2 Å². The van der Waals surface area contributed by atoms with Crippen molar-refractivity contribution in [3.05, 3.63) is 75.6 Å². The molecular formula is C33H40BrN13S. The molecule has 15 heteroatoms. The standard InChI is InChI=1S/C18H21N7S.C15H19BrN6/c1-11(2)25-17-14(20-8-13-9-21-24(4)10-13)7-15(18-19-5-6-26-18)22-16(17)12(3)23-25;1-9(2)22-15-12(17-6-11-7-18-21(4)8-11)5-13(16)19-14(15)10(3)20-22/h5-7,9-11H,8H2,1-4H3,(H,20,22);5,7-9H,6H2,1-4H3,(H,17,19). The molecule has 0 spiro atoms. The third-order valence-corrected chi connectivity index (χ3v) is 8.93. The van der Waals surface area contributed by atoms with E-state index in [9.17, 15) is 0 Å². The highest BCUT2D eigenvalue weighted by Crippen LogP contribution is 2.33. The minimum Gasteiger partial charge on any atom is -0.379 e. The van der Waals surface area contributed by atoms with Gasteiger partial charge in [0.15, 0.2) is 0 Å². The number of anilines is 2. The predicted octanol–water partition coefficient (Wildman–Crippen LogP) is 7.22. The molecule has 0 saturated carbocycles. The topological polar surface area (TPSA) is 134 Å². The first kappa shape index (κ1) is 33.3. The number of rotatable bonds is 9. The Bertz CT molecular complexity index is 2170. The molecule has 7 aromatic heterocycles. The van der Waals surface area contributed by atoms with Crippen LogP contribution in [0.2, 0.25) is 0 Å². The van der Waals surface area contributed by atoms with E-state index in [0.29, 0.717) is 13.1 Å². The van der Waals surface area contributed by atoms with Gasteiger partial charge in [-0.25, -0.2) is 15.0 Å². The Morgan fingerprint density at radius 2 is 1.29 bits per heavy atom. The lowest BCUT2D eigenvalue weighted by Crippen LogP contribution is -2.07. The average Bonchev–Trinajstić information content (AvgIpc) is 3.88. The monoisotopic (exact) mass is 729 g/mol. The highest BCUT2D eigenvalue weighted by molar-refractivity contribution is 9.10. The van der Waals surface area contributed by atoms with Crippen LogP contribution in [-0.4, -0.2) is 54.1 Å². The molecule has 7 aromatic rings. The van der Waals surface area contributed by atoms with Gasteiger partial charge >= 0.3 is 0 Å². The van der Waals surface area contributed by atoms with Crippen LogP contribution in [0.4, 0.5) is 11.4 Å². The van der Waals surface area contributed by atoms with E-state index in [1.54, 1.807) is 22.2 Å². The highest BCUT2D eigenvalue weighted by atomic mass is 79.9. The van der Waals surface area contributed by atoms with Crippen molar-refractivity contribution in [1.29, 1.82) is 0 Å². The first-order valence-electron chi connectivity index (χ1n) is 15.8. The molecule has 0 aliphatic rings. The zero-order valence-electron chi connectivity index (χ0n) is 28.4. The summed E-state index contributed by atoms with van der Waals surface area (Å²) >= 11 is 5.08. The van der Waals surface area contributed by atoms with Gasteiger partial charge in [-0.05, 0) is 69.6 Å². The van der Waals surface area contributed by atoms with Crippen LogP contribution in [0.15, 0.2) is 53.1 Å². The summed E-state index contributed by atoms with van der Waals surface area (Å²) in [5.41, 5.74) is 10.9. The number of fused-ring (bicyclic) bond motifs is 2. The third-order valence-electron chi connectivity index (χ3n) is 7.73. The Labute approximate surface area is 291 Å². The zero-order chi connectivity index (χ0) is 34.1. The molecular weight excluding hydrogens is 690 g/mol. The number of halogens is 1. The van der Waals surface area contributed by atoms with Crippen LogP contribution >= 0.6 is 27.3 Å². The highest BCUT2D eigenvalue weighted by Gasteiger charge is 2.19. The molecule has 2 N–H and O–H groups in total. The lowest BCUT2D eigenvalue weighted by Gasteiger charge is -2.13. The number of hydrogen-bond donors (Lipinski definition) is 2. The van der Waals surface area contributed by atoms with Crippen LogP contribution < -0.4 is 10.6 Å². The number of pyridine rings is 2. The van der Waals surface area contributed by atoms with Crippen LogP contribution in [0.3, 0.4) is 0 Å². The molecule has 250 valence electrons. The van der Waals surface area contributed by atoms with E-state index in [4.69, 9.17) is 10.1 Å². The smallest absolute Gasteiger partial charge is 0.141 e. The van der Waals surface area contributed by atoms with E-state index >= 15 is 0 Å². The van der Waals surface area contributed by atoms with Gasteiger partial charge in [-0.1, -0.05) is 0 Å². The Kier molecular flexibility index (Phi) is 9.60. The van der Waals surface area contributed by atoms with Gasteiger partial charge in [0.25, 0.3) is 0 Å². The molecule has 7 rings (SSSR count). The summed E-state index contributed by atoms with van der Waals surface area (Å²) in [6, 6.07) is 4.59. The van der Waals surface area contributed by atoms with Gasteiger partial charge in [-0.15, -0.1) is 11.3 Å². The molecule has 7 heterocycles. The van der Waals surface area contributed by atoms with Gasteiger partial charge in [0.2, 0.25) is 0 Å². The summed E-state index contributed by atoms with van der Waals surface area (Å²) in [6.45, 7) is 13.9. The molecule has 0 bridgehead atoms. The Balaban J connectivity index is 0.000000170. The Morgan fingerprint density at radius 3 is 1.75 bits per heavy atom. The van der Waals surface area contributed by atoms with Crippen molar-refractivity contribution in [3.63, 3.8) is 0 Å². The van der Waals surface area contributed by atoms with Gasteiger partial charge in [0.05, 0.1) is 35.2 Å². The van der Waals surface area contributed by atoms with Crippen molar-refractivity contribution in [3.8, 4) is 10.7 Å². The maximum atomic E-state index is 4.85. The SMILES string of the molecule is Cc1nn(C(C)C)c2c(NCc3cnn(C)c3)cc(-c3nccs3)nc12.Cc1nn(C(C)C)c2c(NCc3cnn(C)c3)cc(Br)nc12. The minimum absolute atomic E-state index is 0.248. The molecule has 48 heavy (non-hydrogen) atoms. The van der Waals surface area contributed by atoms with Crippen LogP contribution in [0.1, 0.15) is 62.3 Å². The second kappa shape index (κ2) is 13.8. The second-order valence-corrected chi connectivity index (χ2v) is 14.0. The van der Waals surface area contributed by atoms with Gasteiger partial charge in [0.1, 0.15) is 37.4 Å². The lowest BCUT2D eigenvalue weighted by molar-refractivity contribution is 0.547. The fraction of sp³-hybridized carbons (Fsp3) is 0.364. The van der Waals surface area contributed by atoms with E-state index < -0.39 is 0 Å². The minimum atomic E-state index is 0.248.